The van der Waals surface area contributed by atoms with E-state index >= 15 is 0 Å². The van der Waals surface area contributed by atoms with Gasteiger partial charge in [-0.25, -0.2) is 9.97 Å². The molecule has 0 bridgehead atoms. The molecule has 0 aliphatic carbocycles. The van der Waals surface area contributed by atoms with Crippen molar-refractivity contribution in [2.24, 2.45) is 0 Å². The van der Waals surface area contributed by atoms with E-state index in [1.54, 1.807) is 16.9 Å². The van der Waals surface area contributed by atoms with Crippen LogP contribution in [0.5, 0.6) is 0 Å². The van der Waals surface area contributed by atoms with E-state index < -0.39 is 0 Å². The number of ether oxygens (including phenoxy) is 1. The number of benzene rings is 1. The number of nitrogens with zero attached hydrogens (tertiary/aromatic N) is 5. The van der Waals surface area contributed by atoms with Crippen molar-refractivity contribution in [2.45, 2.75) is 26.4 Å². The van der Waals surface area contributed by atoms with Crippen molar-refractivity contribution in [3.05, 3.63) is 48.8 Å². The molecule has 4 rings (SSSR count). The van der Waals surface area contributed by atoms with E-state index in [0.717, 1.165) is 35.1 Å². The minimum absolute atomic E-state index is 0.244. The minimum atomic E-state index is 0.244. The monoisotopic (exact) mass is 362 g/mol. The molecule has 138 valence electrons. The van der Waals surface area contributed by atoms with Gasteiger partial charge < -0.3 is 10.1 Å². The maximum absolute atomic E-state index is 5.60. The standard InChI is InChI=1S/C20H22N6O/c1-14(2)27-13-5-10-22-20-23-17-7-4-3-6-16(17)19-24-18(25-26(19)20)15-8-11-21-12-9-15/h3-4,6-9,11-12,14H,5,10,13H2,1-2H3,(H,22,23). The first kappa shape index (κ1) is 17.4. The molecule has 0 saturated heterocycles. The van der Waals surface area contributed by atoms with Crippen LogP contribution in [0.2, 0.25) is 0 Å². The predicted octanol–water partition coefficient (Wildman–Crippen LogP) is 3.57. The quantitative estimate of drug-likeness (QED) is 0.507. The molecule has 0 saturated carbocycles. The lowest BCUT2D eigenvalue weighted by atomic mass is 10.2. The molecule has 1 N–H and O–H groups in total. The van der Waals surface area contributed by atoms with Crippen molar-refractivity contribution in [3.63, 3.8) is 0 Å². The molecule has 0 radical (unpaired) electrons. The first-order valence-electron chi connectivity index (χ1n) is 9.14. The van der Waals surface area contributed by atoms with E-state index in [0.29, 0.717) is 18.4 Å². The molecule has 0 unspecified atom stereocenters. The zero-order chi connectivity index (χ0) is 18.6. The van der Waals surface area contributed by atoms with Crippen molar-refractivity contribution >= 4 is 22.5 Å². The van der Waals surface area contributed by atoms with Crippen molar-refractivity contribution in [2.75, 3.05) is 18.5 Å². The Hall–Kier alpha value is -3.06. The SMILES string of the molecule is CC(C)OCCCNc1nc2ccccc2c2nc(-c3ccncc3)nn12. The summed E-state index contributed by atoms with van der Waals surface area (Å²) < 4.78 is 7.38. The number of rotatable bonds is 7. The third-order valence-corrected chi connectivity index (χ3v) is 4.17. The van der Waals surface area contributed by atoms with Gasteiger partial charge in [0, 0.05) is 36.5 Å². The highest BCUT2D eigenvalue weighted by Crippen LogP contribution is 2.23. The maximum Gasteiger partial charge on any atom is 0.226 e. The zero-order valence-electron chi connectivity index (χ0n) is 15.5. The van der Waals surface area contributed by atoms with Gasteiger partial charge in [-0.1, -0.05) is 12.1 Å². The van der Waals surface area contributed by atoms with E-state index in [2.05, 4.69) is 15.4 Å². The topological polar surface area (TPSA) is 77.2 Å². The van der Waals surface area contributed by atoms with E-state index in [-0.39, 0.29) is 6.10 Å². The number of aromatic nitrogens is 5. The van der Waals surface area contributed by atoms with Gasteiger partial charge in [-0.15, -0.1) is 5.10 Å². The second kappa shape index (κ2) is 7.67. The Labute approximate surface area is 157 Å². The lowest BCUT2D eigenvalue weighted by Gasteiger charge is -2.10. The molecular weight excluding hydrogens is 340 g/mol. The van der Waals surface area contributed by atoms with Crippen molar-refractivity contribution in [1.29, 1.82) is 0 Å². The molecule has 1 aromatic carbocycles. The summed E-state index contributed by atoms with van der Waals surface area (Å²) in [5.41, 5.74) is 2.60. The molecule has 0 atom stereocenters. The largest absolute Gasteiger partial charge is 0.379 e. The van der Waals surface area contributed by atoms with Crippen LogP contribution in [-0.2, 0) is 4.74 Å². The van der Waals surface area contributed by atoms with Crippen LogP contribution in [0, 0.1) is 0 Å². The Balaban J connectivity index is 1.69. The van der Waals surface area contributed by atoms with E-state index in [1.807, 2.05) is 50.2 Å². The van der Waals surface area contributed by atoms with Crippen LogP contribution in [0.25, 0.3) is 27.9 Å². The van der Waals surface area contributed by atoms with Crippen LogP contribution < -0.4 is 5.32 Å². The second-order valence-electron chi connectivity index (χ2n) is 6.56. The van der Waals surface area contributed by atoms with Gasteiger partial charge in [0.05, 0.1) is 11.6 Å². The third-order valence-electron chi connectivity index (χ3n) is 4.17. The highest BCUT2D eigenvalue weighted by atomic mass is 16.5. The van der Waals surface area contributed by atoms with Crippen LogP contribution in [0.4, 0.5) is 5.95 Å². The highest BCUT2D eigenvalue weighted by Gasteiger charge is 2.14. The summed E-state index contributed by atoms with van der Waals surface area (Å²) >= 11 is 0. The molecule has 3 aromatic heterocycles. The summed E-state index contributed by atoms with van der Waals surface area (Å²) in [4.78, 5) is 13.6. The molecule has 7 nitrogen and oxygen atoms in total. The molecule has 0 amide bonds. The number of fused-ring (bicyclic) bond motifs is 3. The Kier molecular flexibility index (Phi) is 4.93. The maximum atomic E-state index is 5.60. The number of pyridine rings is 1. The normalized spacial score (nSPS) is 11.5. The second-order valence-corrected chi connectivity index (χ2v) is 6.56. The van der Waals surface area contributed by atoms with Crippen molar-refractivity contribution in [1.82, 2.24) is 24.6 Å². The summed E-state index contributed by atoms with van der Waals surface area (Å²) in [5, 5.41) is 9.03. The number of hydrogen-bond acceptors (Lipinski definition) is 6. The Morgan fingerprint density at radius 3 is 2.70 bits per heavy atom. The van der Waals surface area contributed by atoms with Crippen LogP contribution in [-0.4, -0.2) is 43.8 Å². The zero-order valence-corrected chi connectivity index (χ0v) is 15.5. The lowest BCUT2D eigenvalue weighted by Crippen LogP contribution is -2.12. The van der Waals surface area contributed by atoms with Crippen LogP contribution >= 0.6 is 0 Å². The molecule has 4 aromatic rings. The average molecular weight is 362 g/mol. The van der Waals surface area contributed by atoms with Crippen LogP contribution in [0.3, 0.4) is 0 Å². The minimum Gasteiger partial charge on any atom is -0.379 e. The fourth-order valence-corrected chi connectivity index (χ4v) is 2.88. The van der Waals surface area contributed by atoms with Gasteiger partial charge in [0.1, 0.15) is 0 Å². The predicted molar refractivity (Wildman–Crippen MR) is 106 cm³/mol. The first-order chi connectivity index (χ1) is 13.2. The molecule has 7 heteroatoms. The molecule has 0 fully saturated rings. The van der Waals surface area contributed by atoms with E-state index in [4.69, 9.17) is 14.7 Å². The summed E-state index contributed by atoms with van der Waals surface area (Å²) in [7, 11) is 0. The van der Waals surface area contributed by atoms with Gasteiger partial charge in [-0.05, 0) is 44.5 Å². The summed E-state index contributed by atoms with van der Waals surface area (Å²) in [5.74, 6) is 1.34. The Morgan fingerprint density at radius 2 is 1.89 bits per heavy atom. The smallest absolute Gasteiger partial charge is 0.226 e. The molecular formula is C20H22N6O. The molecule has 0 aliphatic rings. The summed E-state index contributed by atoms with van der Waals surface area (Å²) in [6.07, 6.45) is 4.62. The molecule has 0 aliphatic heterocycles. The van der Waals surface area contributed by atoms with Gasteiger partial charge in [0.15, 0.2) is 11.5 Å². The Morgan fingerprint density at radius 1 is 1.07 bits per heavy atom. The lowest BCUT2D eigenvalue weighted by molar-refractivity contribution is 0.0787. The van der Waals surface area contributed by atoms with Crippen molar-refractivity contribution in [3.8, 4) is 11.4 Å². The number of para-hydroxylation sites is 1. The number of hydrogen-bond donors (Lipinski definition) is 1. The van der Waals surface area contributed by atoms with Crippen molar-refractivity contribution < 1.29 is 4.74 Å². The Bertz CT molecular complexity index is 1040. The molecule has 27 heavy (non-hydrogen) atoms. The fourth-order valence-electron chi connectivity index (χ4n) is 2.88. The van der Waals surface area contributed by atoms with Crippen LogP contribution in [0.1, 0.15) is 20.3 Å². The highest BCUT2D eigenvalue weighted by molar-refractivity contribution is 5.92. The number of anilines is 1. The molecule has 3 heterocycles. The summed E-state index contributed by atoms with van der Waals surface area (Å²) in [6, 6.07) is 11.8. The third kappa shape index (κ3) is 3.73. The van der Waals surface area contributed by atoms with Gasteiger partial charge in [0.25, 0.3) is 0 Å². The van der Waals surface area contributed by atoms with Gasteiger partial charge in [-0.3, -0.25) is 4.98 Å². The molecule has 0 spiro atoms. The summed E-state index contributed by atoms with van der Waals surface area (Å²) in [6.45, 7) is 5.54. The van der Waals surface area contributed by atoms with Gasteiger partial charge in [0.2, 0.25) is 5.95 Å². The number of nitrogens with one attached hydrogen (secondary N) is 1. The van der Waals surface area contributed by atoms with Gasteiger partial charge >= 0.3 is 0 Å². The van der Waals surface area contributed by atoms with Crippen LogP contribution in [0.15, 0.2) is 48.8 Å². The first-order valence-corrected chi connectivity index (χ1v) is 9.14. The fraction of sp³-hybridized carbons (Fsp3) is 0.300. The average Bonchev–Trinajstić information content (AvgIpc) is 3.14. The van der Waals surface area contributed by atoms with Gasteiger partial charge in [-0.2, -0.15) is 4.52 Å². The van der Waals surface area contributed by atoms with E-state index in [9.17, 15) is 0 Å². The van der Waals surface area contributed by atoms with E-state index in [1.165, 1.54) is 0 Å².